The molecule has 2 aliphatic heterocycles. The van der Waals surface area contributed by atoms with Gasteiger partial charge in [-0.2, -0.15) is 14.3 Å². The normalized spacial score (nSPS) is 36.4. The Morgan fingerprint density at radius 3 is 2.53 bits per heavy atom. The van der Waals surface area contributed by atoms with Gasteiger partial charge in [0.1, 0.15) is 0 Å². The molecule has 4 fully saturated rings. The minimum absolute atomic E-state index is 0.0167. The molecule has 5 unspecified atom stereocenters. The van der Waals surface area contributed by atoms with Gasteiger partial charge in [0, 0.05) is 11.6 Å². The van der Waals surface area contributed by atoms with E-state index in [0.717, 1.165) is 17.7 Å². The molecule has 2 saturated heterocycles. The highest BCUT2D eigenvalue weighted by molar-refractivity contribution is 7.90. The van der Waals surface area contributed by atoms with Gasteiger partial charge in [0.05, 0.1) is 29.9 Å². The minimum atomic E-state index is -3.70. The number of carbonyl (C=O) groups is 2. The summed E-state index contributed by atoms with van der Waals surface area (Å²) in [5, 5.41) is -0.848. The number of sulfonamides is 1. The maximum Gasteiger partial charge on any atom is 0.331 e. The van der Waals surface area contributed by atoms with E-state index in [9.17, 15) is 26.8 Å². The molecular weight excluding hydrogens is 422 g/mol. The van der Waals surface area contributed by atoms with E-state index in [4.69, 9.17) is 4.84 Å². The van der Waals surface area contributed by atoms with Crippen LogP contribution in [0.2, 0.25) is 0 Å². The third-order valence-corrected chi connectivity index (χ3v) is 8.72. The molecule has 0 spiro atoms. The summed E-state index contributed by atoms with van der Waals surface area (Å²) in [6.45, 7) is 0.469. The molecule has 0 aromatic carbocycles. The predicted octanol–water partition coefficient (Wildman–Crippen LogP) is 1.16. The van der Waals surface area contributed by atoms with E-state index in [1.54, 1.807) is 0 Å². The third-order valence-electron chi connectivity index (χ3n) is 6.63. The van der Waals surface area contributed by atoms with Crippen LogP contribution in [0.4, 0.5) is 13.6 Å². The zero-order chi connectivity index (χ0) is 21.8. The van der Waals surface area contributed by atoms with E-state index in [2.05, 4.69) is 10.2 Å². The molecule has 4 rings (SSSR count). The van der Waals surface area contributed by atoms with Crippen LogP contribution in [-0.4, -0.2) is 72.2 Å². The number of amides is 3. The Hall–Kier alpha value is -1.37. The molecule has 0 radical (unpaired) electrons. The lowest BCUT2D eigenvalue weighted by Gasteiger charge is -2.47. The van der Waals surface area contributed by atoms with Crippen molar-refractivity contribution in [1.29, 1.82) is 0 Å². The summed E-state index contributed by atoms with van der Waals surface area (Å²) < 4.78 is 55.9. The highest BCUT2D eigenvalue weighted by Gasteiger charge is 2.54. The fraction of sp³-hybridized carbons (Fsp3) is 0.889. The summed E-state index contributed by atoms with van der Waals surface area (Å²) in [6, 6.07) is -2.02. The monoisotopic (exact) mass is 450 g/mol. The van der Waals surface area contributed by atoms with Gasteiger partial charge < -0.3 is 0 Å². The lowest BCUT2D eigenvalue weighted by molar-refractivity contribution is -0.149. The van der Waals surface area contributed by atoms with E-state index in [1.165, 1.54) is 0 Å². The molecule has 0 bridgehead atoms. The average molecular weight is 451 g/mol. The van der Waals surface area contributed by atoms with E-state index in [-0.39, 0.29) is 31.8 Å². The summed E-state index contributed by atoms with van der Waals surface area (Å²) in [5.74, 6) is -1.58. The van der Waals surface area contributed by atoms with Crippen molar-refractivity contribution in [2.45, 2.75) is 87.9 Å². The number of hydroxylamine groups is 1. The van der Waals surface area contributed by atoms with Crippen LogP contribution in [-0.2, 0) is 19.7 Å². The fourth-order valence-electron chi connectivity index (χ4n) is 4.70. The van der Waals surface area contributed by atoms with Gasteiger partial charge in [0.15, 0.2) is 0 Å². The molecule has 12 heteroatoms. The summed E-state index contributed by atoms with van der Waals surface area (Å²) in [7, 11) is -3.70. The van der Waals surface area contributed by atoms with Crippen molar-refractivity contribution in [3.05, 3.63) is 0 Å². The molecule has 2 saturated carbocycles. The number of hydrogen-bond acceptors (Lipinski definition) is 6. The Morgan fingerprint density at radius 2 is 1.97 bits per heavy atom. The van der Waals surface area contributed by atoms with Crippen LogP contribution in [0.25, 0.3) is 0 Å². The van der Waals surface area contributed by atoms with Crippen LogP contribution in [0.15, 0.2) is 0 Å². The van der Waals surface area contributed by atoms with Gasteiger partial charge in [-0.15, -0.1) is 0 Å². The number of nitrogens with one attached hydrogen (secondary N) is 2. The molecule has 5 atom stereocenters. The first kappa shape index (κ1) is 21.8. The lowest BCUT2D eigenvalue weighted by Crippen LogP contribution is -2.66. The summed E-state index contributed by atoms with van der Waals surface area (Å²) >= 11 is 0. The van der Waals surface area contributed by atoms with Gasteiger partial charge in [-0.05, 0) is 52.4 Å². The maximum atomic E-state index is 13.8. The van der Waals surface area contributed by atoms with Crippen LogP contribution >= 0.6 is 0 Å². The second-order valence-electron chi connectivity index (χ2n) is 9.23. The summed E-state index contributed by atoms with van der Waals surface area (Å²) in [4.78, 5) is 32.4. The second kappa shape index (κ2) is 7.64. The van der Waals surface area contributed by atoms with Crippen molar-refractivity contribution in [1.82, 2.24) is 20.0 Å². The first-order valence-electron chi connectivity index (χ1n) is 10.4. The molecule has 2 heterocycles. The Balaban J connectivity index is 1.54. The summed E-state index contributed by atoms with van der Waals surface area (Å²) in [6.07, 6.45) is 1.62. The van der Waals surface area contributed by atoms with Crippen LogP contribution in [0.1, 0.15) is 52.4 Å². The lowest BCUT2D eigenvalue weighted by atomic mass is 9.81. The number of nitrogens with zero attached hydrogens (tertiary/aromatic N) is 2. The van der Waals surface area contributed by atoms with Crippen molar-refractivity contribution in [3.8, 4) is 0 Å². The van der Waals surface area contributed by atoms with Gasteiger partial charge in [-0.3, -0.25) is 19.4 Å². The van der Waals surface area contributed by atoms with Gasteiger partial charge in [-0.25, -0.2) is 17.9 Å². The fourth-order valence-corrected chi connectivity index (χ4v) is 6.67. The topological polar surface area (TPSA) is 108 Å². The van der Waals surface area contributed by atoms with Crippen molar-refractivity contribution >= 4 is 22.0 Å². The van der Waals surface area contributed by atoms with Crippen LogP contribution < -0.4 is 10.2 Å². The Bertz CT molecular complexity index is 821. The molecule has 9 nitrogen and oxygen atoms in total. The maximum absolute atomic E-state index is 13.8. The molecule has 4 aliphatic rings. The Morgan fingerprint density at radius 1 is 1.27 bits per heavy atom. The smallest absolute Gasteiger partial charge is 0.296 e. The molecule has 0 aromatic rings. The van der Waals surface area contributed by atoms with Gasteiger partial charge >= 0.3 is 12.6 Å². The highest BCUT2D eigenvalue weighted by atomic mass is 32.2. The molecular formula is C18H28F2N4O5S. The number of alkyl halides is 2. The molecule has 3 amide bonds. The van der Waals surface area contributed by atoms with Gasteiger partial charge in [0.2, 0.25) is 15.9 Å². The zero-order valence-corrected chi connectivity index (χ0v) is 17.8. The first-order chi connectivity index (χ1) is 14.0. The third kappa shape index (κ3) is 4.06. The average Bonchev–Trinajstić information content (AvgIpc) is 3.22. The number of imide groups is 1. The molecule has 2 N–H and O–H groups in total. The summed E-state index contributed by atoms with van der Waals surface area (Å²) in [5.41, 5.74) is 2.28. The molecule has 2 aliphatic carbocycles. The molecule has 0 aromatic heterocycles. The number of urea groups is 1. The first-order valence-corrected chi connectivity index (χ1v) is 11.9. The predicted molar refractivity (Wildman–Crippen MR) is 102 cm³/mol. The molecule has 170 valence electrons. The standard InChI is InChI=1S/C18H28F2N4O5S/c1-10-7-11(29-21-10)9-23-15(25)13-8-12(30(27,28)22-18(2)5-6-18)3-4-14(13)24(16(19)20)17(23)26/h10-14,16,21-22H,3-9H2,1-2H3. The molecule has 30 heavy (non-hydrogen) atoms. The van der Waals surface area contributed by atoms with Crippen LogP contribution in [0, 0.1) is 5.92 Å². The van der Waals surface area contributed by atoms with Crippen LogP contribution in [0.3, 0.4) is 0 Å². The van der Waals surface area contributed by atoms with Crippen molar-refractivity contribution in [2.75, 3.05) is 6.54 Å². The largest absolute Gasteiger partial charge is 0.331 e. The Labute approximate surface area is 174 Å². The number of fused-ring (bicyclic) bond motifs is 1. The van der Waals surface area contributed by atoms with Gasteiger partial charge in [0.25, 0.3) is 0 Å². The number of rotatable bonds is 6. The number of hydrogen-bond donors (Lipinski definition) is 2. The number of carbonyl (C=O) groups excluding carboxylic acids is 2. The highest BCUT2D eigenvalue weighted by Crippen LogP contribution is 2.41. The minimum Gasteiger partial charge on any atom is -0.296 e. The van der Waals surface area contributed by atoms with Crippen molar-refractivity contribution in [2.24, 2.45) is 5.92 Å². The number of halogens is 2. The van der Waals surface area contributed by atoms with Gasteiger partial charge in [-0.1, -0.05) is 0 Å². The van der Waals surface area contributed by atoms with Crippen LogP contribution in [0.5, 0.6) is 0 Å². The second-order valence-corrected chi connectivity index (χ2v) is 11.2. The van der Waals surface area contributed by atoms with E-state index in [0.29, 0.717) is 11.3 Å². The van der Waals surface area contributed by atoms with E-state index < -0.39 is 57.4 Å². The SMILES string of the molecule is CC1CC(CN2C(=O)C3CC(S(=O)(=O)NC4(C)CC4)CCC3N(C(F)F)C2=O)ON1. The zero-order valence-electron chi connectivity index (χ0n) is 17.0. The van der Waals surface area contributed by atoms with E-state index >= 15 is 0 Å². The van der Waals surface area contributed by atoms with Crippen molar-refractivity contribution < 1.29 is 31.6 Å². The van der Waals surface area contributed by atoms with E-state index in [1.807, 2.05) is 13.8 Å². The van der Waals surface area contributed by atoms with Crippen molar-refractivity contribution in [3.63, 3.8) is 0 Å². The Kier molecular flexibility index (Phi) is 5.57. The quantitative estimate of drug-likeness (QED) is 0.588.